The lowest BCUT2D eigenvalue weighted by molar-refractivity contribution is 0.0134. The van der Waals surface area contributed by atoms with Crippen LogP contribution in [0.1, 0.15) is 23.4 Å². The highest BCUT2D eigenvalue weighted by Crippen LogP contribution is 2.34. The summed E-state index contributed by atoms with van der Waals surface area (Å²) in [6.45, 7) is 7.30. The van der Waals surface area contributed by atoms with E-state index in [-0.39, 0.29) is 11.3 Å². The Bertz CT molecular complexity index is 524. The van der Waals surface area contributed by atoms with Crippen molar-refractivity contribution in [3.63, 3.8) is 0 Å². The molecule has 0 N–H and O–H groups in total. The van der Waals surface area contributed by atoms with Crippen LogP contribution in [0.3, 0.4) is 0 Å². The number of carbonyl (C=O) groups is 1. The van der Waals surface area contributed by atoms with Gasteiger partial charge in [0.05, 0.1) is 19.4 Å². The van der Waals surface area contributed by atoms with E-state index in [1.807, 2.05) is 4.90 Å². The Kier molecular flexibility index (Phi) is 5.53. The third kappa shape index (κ3) is 4.15. The molecule has 0 atom stereocenters. The predicted octanol–water partition coefficient (Wildman–Crippen LogP) is 0.791. The molecular weight excluding hydrogens is 308 g/mol. The molecule has 1 aromatic heterocycles. The van der Waals surface area contributed by atoms with Crippen LogP contribution >= 0.6 is 0 Å². The van der Waals surface area contributed by atoms with Gasteiger partial charge in [-0.3, -0.25) is 9.69 Å². The van der Waals surface area contributed by atoms with Crippen molar-refractivity contribution in [1.82, 2.24) is 19.9 Å². The average Bonchev–Trinajstić information content (AvgIpc) is 3.04. The van der Waals surface area contributed by atoms with E-state index in [0.717, 1.165) is 65.3 Å². The van der Waals surface area contributed by atoms with Gasteiger partial charge >= 0.3 is 0 Å². The fourth-order valence-electron chi connectivity index (χ4n) is 3.58. The van der Waals surface area contributed by atoms with Crippen molar-refractivity contribution in [3.05, 3.63) is 18.0 Å². The molecule has 0 aromatic carbocycles. The first kappa shape index (κ1) is 17.4. The van der Waals surface area contributed by atoms with Gasteiger partial charge < -0.3 is 19.1 Å². The normalized spacial score (nSPS) is 22.0. The molecule has 2 saturated heterocycles. The van der Waals surface area contributed by atoms with Gasteiger partial charge in [-0.2, -0.15) is 0 Å². The summed E-state index contributed by atoms with van der Waals surface area (Å²) in [6, 6.07) is 1.63. The molecule has 3 rings (SSSR count). The third-order valence-corrected chi connectivity index (χ3v) is 5.14. The topological polar surface area (TPSA) is 62.1 Å². The molecule has 1 aromatic rings. The maximum absolute atomic E-state index is 12.4. The van der Waals surface area contributed by atoms with Crippen molar-refractivity contribution in [2.75, 3.05) is 66.6 Å². The van der Waals surface area contributed by atoms with Gasteiger partial charge in [-0.1, -0.05) is 5.16 Å². The minimum Gasteiger partial charge on any atom is -0.379 e. The number of aromatic nitrogens is 1. The number of likely N-dealkylation sites (tertiary alicyclic amines) is 1. The molecule has 0 unspecified atom stereocenters. The van der Waals surface area contributed by atoms with Gasteiger partial charge in [0, 0.05) is 50.7 Å². The van der Waals surface area contributed by atoms with Crippen LogP contribution in [0.5, 0.6) is 0 Å². The quantitative estimate of drug-likeness (QED) is 0.810. The number of rotatable bonds is 4. The van der Waals surface area contributed by atoms with Crippen LogP contribution in [0.25, 0.3) is 0 Å². The van der Waals surface area contributed by atoms with Gasteiger partial charge in [0.15, 0.2) is 0 Å². The number of hydrogen-bond donors (Lipinski definition) is 0. The van der Waals surface area contributed by atoms with Crippen LogP contribution in [-0.2, 0) is 4.74 Å². The number of amides is 1. The molecule has 2 aliphatic heterocycles. The lowest BCUT2D eigenvalue weighted by Crippen LogP contribution is -2.49. The lowest BCUT2D eigenvalue weighted by atomic mass is 9.78. The van der Waals surface area contributed by atoms with Gasteiger partial charge in [-0.25, -0.2) is 0 Å². The van der Waals surface area contributed by atoms with Crippen molar-refractivity contribution >= 4 is 5.91 Å². The first-order valence-electron chi connectivity index (χ1n) is 8.73. The summed E-state index contributed by atoms with van der Waals surface area (Å²) in [7, 11) is 4.22. The molecule has 0 radical (unpaired) electrons. The predicted molar refractivity (Wildman–Crippen MR) is 89.9 cm³/mol. The number of hydrogen-bond acceptors (Lipinski definition) is 6. The Balaban J connectivity index is 1.57. The van der Waals surface area contributed by atoms with Crippen LogP contribution in [-0.4, -0.2) is 92.3 Å². The van der Waals surface area contributed by atoms with Crippen molar-refractivity contribution in [3.8, 4) is 0 Å². The fourth-order valence-corrected chi connectivity index (χ4v) is 3.58. The first-order valence-corrected chi connectivity index (χ1v) is 8.73. The molecule has 7 heteroatoms. The summed E-state index contributed by atoms with van der Waals surface area (Å²) in [5.74, 6) is 0.275. The van der Waals surface area contributed by atoms with E-state index in [4.69, 9.17) is 9.26 Å². The van der Waals surface area contributed by atoms with Gasteiger partial charge in [-0.15, -0.1) is 0 Å². The average molecular weight is 336 g/mol. The summed E-state index contributed by atoms with van der Waals surface area (Å²) < 4.78 is 10.9. The molecule has 1 spiro atoms. The fraction of sp³-hybridized carbons (Fsp3) is 0.765. The lowest BCUT2D eigenvalue weighted by Gasteiger charge is -2.42. The molecule has 2 aliphatic rings. The second-order valence-electron chi connectivity index (χ2n) is 7.30. The van der Waals surface area contributed by atoms with E-state index < -0.39 is 0 Å². The Morgan fingerprint density at radius 3 is 2.79 bits per heavy atom. The van der Waals surface area contributed by atoms with Gasteiger partial charge in [0.25, 0.3) is 5.91 Å². The number of carbonyl (C=O) groups excluding carboxylic acids is 1. The largest absolute Gasteiger partial charge is 0.379 e. The van der Waals surface area contributed by atoms with E-state index in [1.54, 1.807) is 6.07 Å². The molecule has 0 bridgehead atoms. The third-order valence-electron chi connectivity index (χ3n) is 5.14. The van der Waals surface area contributed by atoms with Gasteiger partial charge in [-0.05, 0) is 26.9 Å². The van der Waals surface area contributed by atoms with Crippen LogP contribution in [0, 0.1) is 5.41 Å². The summed E-state index contributed by atoms with van der Waals surface area (Å²) >= 11 is 0. The zero-order valence-electron chi connectivity index (χ0n) is 14.7. The second-order valence-corrected chi connectivity index (χ2v) is 7.30. The molecule has 0 aliphatic carbocycles. The second kappa shape index (κ2) is 7.63. The minimum atomic E-state index is -0.0543. The molecular formula is C17H28N4O3. The smallest absolute Gasteiger partial charge is 0.292 e. The monoisotopic (exact) mass is 336 g/mol. The summed E-state index contributed by atoms with van der Waals surface area (Å²) in [4.78, 5) is 19.0. The zero-order valence-corrected chi connectivity index (χ0v) is 14.7. The first-order chi connectivity index (χ1) is 11.6. The standard InChI is InChI=1S/C17H28N4O3/c1-19(2)9-10-20-11-12-23-14-17(13-20)4-7-21(8-5-17)16(22)15-3-6-18-24-15/h3,6H,4-5,7-14H2,1-2H3. The van der Waals surface area contributed by atoms with Crippen LogP contribution in [0.4, 0.5) is 0 Å². The summed E-state index contributed by atoms with van der Waals surface area (Å²) in [5, 5.41) is 3.63. The van der Waals surface area contributed by atoms with Crippen LogP contribution in [0.2, 0.25) is 0 Å². The molecule has 24 heavy (non-hydrogen) atoms. The molecule has 2 fully saturated rings. The highest BCUT2D eigenvalue weighted by molar-refractivity contribution is 5.91. The maximum atomic E-state index is 12.4. The molecule has 3 heterocycles. The zero-order chi connectivity index (χ0) is 17.0. The number of nitrogens with zero attached hydrogens (tertiary/aromatic N) is 4. The molecule has 1 amide bonds. The summed E-state index contributed by atoms with van der Waals surface area (Å²) in [6.07, 6.45) is 3.47. The van der Waals surface area contributed by atoms with E-state index in [1.165, 1.54) is 6.20 Å². The van der Waals surface area contributed by atoms with Crippen molar-refractivity contribution in [2.45, 2.75) is 12.8 Å². The van der Waals surface area contributed by atoms with E-state index in [2.05, 4.69) is 29.1 Å². The van der Waals surface area contributed by atoms with Crippen molar-refractivity contribution < 1.29 is 14.1 Å². The summed E-state index contributed by atoms with van der Waals surface area (Å²) in [5.41, 5.74) is 0.168. The number of piperidine rings is 1. The maximum Gasteiger partial charge on any atom is 0.292 e. The molecule has 7 nitrogen and oxygen atoms in total. The Hall–Kier alpha value is -1.44. The van der Waals surface area contributed by atoms with Crippen molar-refractivity contribution in [2.24, 2.45) is 5.41 Å². The Labute approximate surface area is 143 Å². The van der Waals surface area contributed by atoms with Crippen molar-refractivity contribution in [1.29, 1.82) is 0 Å². The Morgan fingerprint density at radius 1 is 1.33 bits per heavy atom. The SMILES string of the molecule is CN(C)CCN1CCOCC2(CCN(C(=O)c3ccno3)CC2)C1. The number of ether oxygens (including phenoxy) is 1. The number of likely N-dealkylation sites (N-methyl/N-ethyl adjacent to an activating group) is 1. The molecule has 0 saturated carbocycles. The highest BCUT2D eigenvalue weighted by atomic mass is 16.5. The van der Waals surface area contributed by atoms with Crippen LogP contribution in [0.15, 0.2) is 16.8 Å². The van der Waals surface area contributed by atoms with E-state index in [9.17, 15) is 4.79 Å². The highest BCUT2D eigenvalue weighted by Gasteiger charge is 2.39. The Morgan fingerprint density at radius 2 is 2.12 bits per heavy atom. The van der Waals surface area contributed by atoms with E-state index in [0.29, 0.717) is 5.76 Å². The van der Waals surface area contributed by atoms with E-state index >= 15 is 0 Å². The minimum absolute atomic E-state index is 0.0543. The van der Waals surface area contributed by atoms with Gasteiger partial charge in [0.1, 0.15) is 0 Å². The van der Waals surface area contributed by atoms with Crippen LogP contribution < -0.4 is 0 Å². The molecule has 134 valence electrons. The van der Waals surface area contributed by atoms with Gasteiger partial charge in [0.2, 0.25) is 5.76 Å².